The van der Waals surface area contributed by atoms with Crippen molar-refractivity contribution < 1.29 is 0 Å². The van der Waals surface area contributed by atoms with Crippen LogP contribution in [0.4, 0.5) is 0 Å². The van der Waals surface area contributed by atoms with E-state index < -0.39 is 5.54 Å². The fourth-order valence-corrected chi connectivity index (χ4v) is 2.49. The zero-order chi connectivity index (χ0) is 16.0. The van der Waals surface area contributed by atoms with Gasteiger partial charge in [0, 0.05) is 11.5 Å². The summed E-state index contributed by atoms with van der Waals surface area (Å²) in [5, 5.41) is 2.46. The minimum absolute atomic E-state index is 0.393. The van der Waals surface area contributed by atoms with Gasteiger partial charge < -0.3 is 5.73 Å². The van der Waals surface area contributed by atoms with E-state index in [0.717, 1.165) is 12.8 Å². The standard InChI is InChI=1S/C21H25N/c1-4-17(2)11-6-5-9-16-21(3,22)20-15-10-13-18-12-7-8-14-19(18)20/h5,7-10,12-15,17H,4,16,22H2,1-3H3/b9-5+. The van der Waals surface area contributed by atoms with Crippen LogP contribution in [0.15, 0.2) is 54.6 Å². The molecule has 0 heterocycles. The van der Waals surface area contributed by atoms with Crippen molar-refractivity contribution in [3.8, 4) is 11.8 Å². The van der Waals surface area contributed by atoms with Gasteiger partial charge >= 0.3 is 0 Å². The Hall–Kier alpha value is -2.04. The zero-order valence-electron chi connectivity index (χ0n) is 13.8. The molecule has 2 atom stereocenters. The smallest absolute Gasteiger partial charge is 0.0422 e. The topological polar surface area (TPSA) is 26.0 Å². The number of benzene rings is 2. The molecule has 114 valence electrons. The molecule has 2 N–H and O–H groups in total. The highest BCUT2D eigenvalue weighted by molar-refractivity contribution is 5.86. The highest BCUT2D eigenvalue weighted by Gasteiger charge is 2.21. The van der Waals surface area contributed by atoms with Gasteiger partial charge in [-0.3, -0.25) is 0 Å². The van der Waals surface area contributed by atoms with E-state index >= 15 is 0 Å². The molecule has 2 rings (SSSR count). The summed E-state index contributed by atoms with van der Waals surface area (Å²) in [5.74, 6) is 6.77. The van der Waals surface area contributed by atoms with Crippen molar-refractivity contribution in [3.63, 3.8) is 0 Å². The first-order valence-corrected chi connectivity index (χ1v) is 7.98. The SMILES string of the molecule is CCC(C)C#C/C=C/CC(C)(N)c1cccc2ccccc12. The molecule has 0 spiro atoms. The van der Waals surface area contributed by atoms with Crippen LogP contribution in [0.25, 0.3) is 10.8 Å². The van der Waals surface area contributed by atoms with E-state index in [2.05, 4.69) is 81.2 Å². The van der Waals surface area contributed by atoms with Crippen molar-refractivity contribution in [2.75, 3.05) is 0 Å². The van der Waals surface area contributed by atoms with Crippen molar-refractivity contribution in [3.05, 3.63) is 60.2 Å². The second-order valence-electron chi connectivity index (χ2n) is 6.15. The number of hydrogen-bond donors (Lipinski definition) is 1. The molecular formula is C21H25N. The second kappa shape index (κ2) is 7.29. The molecule has 0 bridgehead atoms. The van der Waals surface area contributed by atoms with Crippen LogP contribution in [0.2, 0.25) is 0 Å². The highest BCUT2D eigenvalue weighted by atomic mass is 14.7. The van der Waals surface area contributed by atoms with Gasteiger partial charge in [-0.2, -0.15) is 0 Å². The molecule has 1 heteroatoms. The molecule has 0 aromatic heterocycles. The fraction of sp³-hybridized carbons (Fsp3) is 0.333. The summed E-state index contributed by atoms with van der Waals surface area (Å²) in [6.45, 7) is 6.38. The molecule has 22 heavy (non-hydrogen) atoms. The average molecular weight is 291 g/mol. The van der Waals surface area contributed by atoms with E-state index in [0.29, 0.717) is 5.92 Å². The molecule has 0 aliphatic rings. The largest absolute Gasteiger partial charge is 0.321 e. The lowest BCUT2D eigenvalue weighted by Gasteiger charge is -2.25. The molecular weight excluding hydrogens is 266 g/mol. The number of rotatable bonds is 4. The van der Waals surface area contributed by atoms with Gasteiger partial charge in [-0.1, -0.05) is 74.2 Å². The molecule has 2 aromatic rings. The Morgan fingerprint density at radius 2 is 1.91 bits per heavy atom. The maximum atomic E-state index is 6.57. The molecule has 0 aliphatic carbocycles. The first-order valence-electron chi connectivity index (χ1n) is 7.98. The van der Waals surface area contributed by atoms with E-state index in [1.54, 1.807) is 0 Å². The summed E-state index contributed by atoms with van der Waals surface area (Å²) >= 11 is 0. The van der Waals surface area contributed by atoms with Crippen LogP contribution in [0.1, 0.15) is 39.2 Å². The van der Waals surface area contributed by atoms with Crippen LogP contribution >= 0.6 is 0 Å². The van der Waals surface area contributed by atoms with Crippen LogP contribution in [0.5, 0.6) is 0 Å². The third-order valence-electron chi connectivity index (χ3n) is 4.09. The van der Waals surface area contributed by atoms with Crippen LogP contribution in [0, 0.1) is 17.8 Å². The Kier molecular flexibility index (Phi) is 5.41. The third kappa shape index (κ3) is 4.00. The molecule has 1 nitrogen and oxygen atoms in total. The van der Waals surface area contributed by atoms with Crippen molar-refractivity contribution in [2.45, 2.75) is 39.2 Å². The van der Waals surface area contributed by atoms with Crippen molar-refractivity contribution in [2.24, 2.45) is 11.7 Å². The summed E-state index contributed by atoms with van der Waals surface area (Å²) in [6, 6.07) is 14.7. The number of allylic oxidation sites excluding steroid dienone is 1. The summed E-state index contributed by atoms with van der Waals surface area (Å²) < 4.78 is 0. The predicted molar refractivity (Wildman–Crippen MR) is 96.5 cm³/mol. The first kappa shape index (κ1) is 16.3. The van der Waals surface area contributed by atoms with E-state index in [4.69, 9.17) is 5.73 Å². The molecule has 0 fully saturated rings. The number of nitrogens with two attached hydrogens (primary N) is 1. The van der Waals surface area contributed by atoms with Crippen LogP contribution in [-0.4, -0.2) is 0 Å². The van der Waals surface area contributed by atoms with Gasteiger partial charge in [0.15, 0.2) is 0 Å². The lowest BCUT2D eigenvalue weighted by Crippen LogP contribution is -2.32. The molecule has 0 amide bonds. The van der Waals surface area contributed by atoms with Gasteiger partial charge in [-0.25, -0.2) is 0 Å². The quantitative estimate of drug-likeness (QED) is 0.787. The van der Waals surface area contributed by atoms with Gasteiger partial charge in [0.1, 0.15) is 0 Å². The van der Waals surface area contributed by atoms with Gasteiger partial charge in [-0.05, 0) is 42.2 Å². The van der Waals surface area contributed by atoms with Crippen LogP contribution in [-0.2, 0) is 5.54 Å². The monoisotopic (exact) mass is 291 g/mol. The van der Waals surface area contributed by atoms with E-state index in [1.807, 2.05) is 6.08 Å². The summed E-state index contributed by atoms with van der Waals surface area (Å²) in [5.41, 5.74) is 7.36. The molecule has 0 radical (unpaired) electrons. The Balaban J connectivity index is 2.18. The number of hydrogen-bond acceptors (Lipinski definition) is 1. The fourth-order valence-electron chi connectivity index (χ4n) is 2.49. The second-order valence-corrected chi connectivity index (χ2v) is 6.15. The van der Waals surface area contributed by atoms with E-state index in [1.165, 1.54) is 16.3 Å². The maximum absolute atomic E-state index is 6.57. The van der Waals surface area contributed by atoms with Crippen LogP contribution < -0.4 is 5.73 Å². The lowest BCUT2D eigenvalue weighted by molar-refractivity contribution is 0.506. The lowest BCUT2D eigenvalue weighted by atomic mass is 9.86. The summed E-state index contributed by atoms with van der Waals surface area (Å²) in [6.07, 6.45) is 5.88. The molecule has 0 aliphatic heterocycles. The van der Waals surface area contributed by atoms with Crippen molar-refractivity contribution in [1.29, 1.82) is 0 Å². The third-order valence-corrected chi connectivity index (χ3v) is 4.09. The van der Waals surface area contributed by atoms with Crippen LogP contribution in [0.3, 0.4) is 0 Å². The normalized spacial score (nSPS) is 15.3. The Bertz CT molecular complexity index is 708. The minimum Gasteiger partial charge on any atom is -0.321 e. The van der Waals surface area contributed by atoms with Gasteiger partial charge in [0.2, 0.25) is 0 Å². The maximum Gasteiger partial charge on any atom is 0.0422 e. The molecule has 2 aromatic carbocycles. The summed E-state index contributed by atoms with van der Waals surface area (Å²) in [4.78, 5) is 0. The average Bonchev–Trinajstić information content (AvgIpc) is 2.53. The van der Waals surface area contributed by atoms with Crippen molar-refractivity contribution in [1.82, 2.24) is 0 Å². The Morgan fingerprint density at radius 3 is 2.68 bits per heavy atom. The molecule has 0 saturated carbocycles. The minimum atomic E-state index is -0.393. The molecule has 0 saturated heterocycles. The Labute approximate surface area is 134 Å². The molecule has 2 unspecified atom stereocenters. The van der Waals surface area contributed by atoms with Crippen molar-refractivity contribution >= 4 is 10.8 Å². The predicted octanol–water partition coefficient (Wildman–Crippen LogP) is 5.01. The van der Waals surface area contributed by atoms with E-state index in [-0.39, 0.29) is 0 Å². The zero-order valence-corrected chi connectivity index (χ0v) is 13.8. The number of fused-ring (bicyclic) bond motifs is 1. The first-order chi connectivity index (χ1) is 10.5. The summed E-state index contributed by atoms with van der Waals surface area (Å²) in [7, 11) is 0. The van der Waals surface area contributed by atoms with Gasteiger partial charge in [0.05, 0.1) is 0 Å². The van der Waals surface area contributed by atoms with Gasteiger partial charge in [-0.15, -0.1) is 0 Å². The Morgan fingerprint density at radius 1 is 1.18 bits per heavy atom. The van der Waals surface area contributed by atoms with E-state index in [9.17, 15) is 0 Å². The van der Waals surface area contributed by atoms with Gasteiger partial charge in [0.25, 0.3) is 0 Å². The highest BCUT2D eigenvalue weighted by Crippen LogP contribution is 2.29.